The fourth-order valence-corrected chi connectivity index (χ4v) is 4.26. The minimum absolute atomic E-state index is 0.167. The molecule has 1 fully saturated rings. The Bertz CT molecular complexity index is 408. The Morgan fingerprint density at radius 2 is 1.89 bits per heavy atom. The molecule has 0 spiro atoms. The molecule has 0 radical (unpaired) electrons. The summed E-state index contributed by atoms with van der Waals surface area (Å²) in [4.78, 5) is 14.6. The van der Waals surface area contributed by atoms with Gasteiger partial charge in [-0.2, -0.15) is 0 Å². The lowest BCUT2D eigenvalue weighted by molar-refractivity contribution is 0.0942. The van der Waals surface area contributed by atoms with E-state index in [-0.39, 0.29) is 5.91 Å². The van der Waals surface area contributed by atoms with Crippen LogP contribution in [0.4, 0.5) is 0 Å². The molecular weight excluding hydrogens is 242 g/mol. The Labute approximate surface area is 113 Å². The Hall–Kier alpha value is -0.830. The van der Waals surface area contributed by atoms with Crippen molar-refractivity contribution in [3.05, 3.63) is 21.4 Å². The molecule has 1 N–H and O–H groups in total. The number of aryl methyl sites for hydroxylation is 2. The summed E-state index contributed by atoms with van der Waals surface area (Å²) in [5.74, 6) is 0.167. The molecule has 0 bridgehead atoms. The maximum Gasteiger partial charge on any atom is 0.261 e. The normalized spacial score (nSPS) is 20.4. The number of carbonyl (C=O) groups is 1. The molecule has 1 amide bonds. The Kier molecular flexibility index (Phi) is 3.69. The van der Waals surface area contributed by atoms with Crippen LogP contribution in [0.2, 0.25) is 0 Å². The monoisotopic (exact) mass is 263 g/mol. The number of hydrogen-bond acceptors (Lipinski definition) is 2. The van der Waals surface area contributed by atoms with Crippen molar-refractivity contribution in [2.24, 2.45) is 0 Å². The highest BCUT2D eigenvalue weighted by Gasteiger charge is 2.20. The molecular formula is C15H21NOS. The van der Waals surface area contributed by atoms with Crippen LogP contribution >= 0.6 is 11.3 Å². The molecule has 18 heavy (non-hydrogen) atoms. The molecule has 0 saturated heterocycles. The van der Waals surface area contributed by atoms with Crippen molar-refractivity contribution < 1.29 is 4.79 Å². The van der Waals surface area contributed by atoms with Crippen LogP contribution in [-0.2, 0) is 12.8 Å². The van der Waals surface area contributed by atoms with Crippen molar-refractivity contribution in [3.63, 3.8) is 0 Å². The van der Waals surface area contributed by atoms with Crippen LogP contribution in [0, 0.1) is 0 Å². The van der Waals surface area contributed by atoms with Crippen LogP contribution in [0.15, 0.2) is 6.07 Å². The standard InChI is InChI=1S/C15H21NOS/c17-15(16-12-7-4-5-8-12)14-10-11-6-2-1-3-9-13(11)18-14/h10,12H,1-9H2,(H,16,17). The van der Waals surface area contributed by atoms with Crippen LogP contribution in [0.3, 0.4) is 0 Å². The summed E-state index contributed by atoms with van der Waals surface area (Å²) >= 11 is 1.73. The predicted octanol–water partition coefficient (Wildman–Crippen LogP) is 3.69. The van der Waals surface area contributed by atoms with Gasteiger partial charge in [0.2, 0.25) is 0 Å². The highest BCUT2D eigenvalue weighted by Crippen LogP contribution is 2.29. The average Bonchev–Trinajstić information content (AvgIpc) is 2.95. The molecule has 1 aromatic heterocycles. The summed E-state index contributed by atoms with van der Waals surface area (Å²) < 4.78 is 0. The zero-order chi connectivity index (χ0) is 12.4. The van der Waals surface area contributed by atoms with E-state index in [0.29, 0.717) is 6.04 Å². The number of carbonyl (C=O) groups excluding carboxylic acids is 1. The number of nitrogens with one attached hydrogen (secondary N) is 1. The number of hydrogen-bond donors (Lipinski definition) is 1. The molecule has 1 saturated carbocycles. The van der Waals surface area contributed by atoms with Crippen molar-refractivity contribution in [3.8, 4) is 0 Å². The molecule has 3 heteroatoms. The summed E-state index contributed by atoms with van der Waals surface area (Å²) in [6, 6.07) is 2.58. The zero-order valence-corrected chi connectivity index (χ0v) is 11.7. The van der Waals surface area contributed by atoms with Gasteiger partial charge >= 0.3 is 0 Å². The second kappa shape index (κ2) is 5.43. The van der Waals surface area contributed by atoms with Gasteiger partial charge in [0.1, 0.15) is 0 Å². The molecule has 2 aliphatic carbocycles. The van der Waals surface area contributed by atoms with Crippen LogP contribution in [0.1, 0.15) is 65.1 Å². The smallest absolute Gasteiger partial charge is 0.261 e. The maximum atomic E-state index is 12.2. The topological polar surface area (TPSA) is 29.1 Å². The zero-order valence-electron chi connectivity index (χ0n) is 10.8. The van der Waals surface area contributed by atoms with Crippen LogP contribution in [0.25, 0.3) is 0 Å². The van der Waals surface area contributed by atoms with E-state index in [1.54, 1.807) is 11.3 Å². The van der Waals surface area contributed by atoms with Crippen molar-refractivity contribution in [2.75, 3.05) is 0 Å². The third kappa shape index (κ3) is 2.61. The first kappa shape index (κ1) is 12.2. The van der Waals surface area contributed by atoms with Crippen molar-refractivity contribution in [1.29, 1.82) is 0 Å². The highest BCUT2D eigenvalue weighted by atomic mass is 32.1. The summed E-state index contributed by atoms with van der Waals surface area (Å²) in [5.41, 5.74) is 1.44. The lowest BCUT2D eigenvalue weighted by Crippen LogP contribution is -2.31. The van der Waals surface area contributed by atoms with E-state index in [4.69, 9.17) is 0 Å². The van der Waals surface area contributed by atoms with E-state index < -0.39 is 0 Å². The van der Waals surface area contributed by atoms with Gasteiger partial charge in [-0.25, -0.2) is 0 Å². The first-order chi connectivity index (χ1) is 8.83. The fraction of sp³-hybridized carbons (Fsp3) is 0.667. The minimum atomic E-state index is 0.167. The van der Waals surface area contributed by atoms with E-state index in [1.807, 2.05) is 0 Å². The first-order valence-corrected chi connectivity index (χ1v) is 8.07. The minimum Gasteiger partial charge on any atom is -0.349 e. The third-order valence-corrected chi connectivity index (χ3v) is 5.40. The van der Waals surface area contributed by atoms with Crippen LogP contribution < -0.4 is 5.32 Å². The Morgan fingerprint density at radius 1 is 1.11 bits per heavy atom. The Morgan fingerprint density at radius 3 is 2.72 bits per heavy atom. The predicted molar refractivity (Wildman–Crippen MR) is 75.3 cm³/mol. The fourth-order valence-electron chi connectivity index (χ4n) is 3.11. The first-order valence-electron chi connectivity index (χ1n) is 7.25. The molecule has 0 unspecified atom stereocenters. The van der Waals surface area contributed by atoms with E-state index in [1.165, 1.54) is 55.4 Å². The van der Waals surface area contributed by atoms with E-state index in [0.717, 1.165) is 17.7 Å². The second-order valence-electron chi connectivity index (χ2n) is 5.57. The SMILES string of the molecule is O=C(NC1CCCC1)c1cc2c(s1)CCCCC2. The number of amides is 1. The van der Waals surface area contributed by atoms with Gasteiger partial charge in [0, 0.05) is 10.9 Å². The van der Waals surface area contributed by atoms with Gasteiger partial charge in [0.05, 0.1) is 4.88 Å². The molecule has 0 aliphatic heterocycles. The van der Waals surface area contributed by atoms with E-state index in [9.17, 15) is 4.79 Å². The second-order valence-corrected chi connectivity index (χ2v) is 6.71. The number of rotatable bonds is 2. The summed E-state index contributed by atoms with van der Waals surface area (Å²) in [5, 5.41) is 3.19. The largest absolute Gasteiger partial charge is 0.349 e. The van der Waals surface area contributed by atoms with Gasteiger partial charge in [0.25, 0.3) is 5.91 Å². The molecule has 98 valence electrons. The summed E-state index contributed by atoms with van der Waals surface area (Å²) in [6.07, 6.45) is 11.1. The van der Waals surface area contributed by atoms with E-state index >= 15 is 0 Å². The van der Waals surface area contributed by atoms with Gasteiger partial charge < -0.3 is 5.32 Å². The van der Waals surface area contributed by atoms with E-state index in [2.05, 4.69) is 11.4 Å². The highest BCUT2D eigenvalue weighted by molar-refractivity contribution is 7.14. The van der Waals surface area contributed by atoms with Gasteiger partial charge in [-0.05, 0) is 50.2 Å². The van der Waals surface area contributed by atoms with Crippen molar-refractivity contribution in [2.45, 2.75) is 63.8 Å². The number of thiophene rings is 1. The van der Waals surface area contributed by atoms with Gasteiger partial charge in [-0.3, -0.25) is 4.79 Å². The van der Waals surface area contributed by atoms with Crippen LogP contribution in [-0.4, -0.2) is 11.9 Å². The molecule has 2 nitrogen and oxygen atoms in total. The molecule has 3 rings (SSSR count). The summed E-state index contributed by atoms with van der Waals surface area (Å²) in [6.45, 7) is 0. The van der Waals surface area contributed by atoms with Gasteiger partial charge in [0.15, 0.2) is 0 Å². The van der Waals surface area contributed by atoms with Crippen molar-refractivity contribution in [1.82, 2.24) is 5.32 Å². The molecule has 0 aromatic carbocycles. The molecule has 1 aromatic rings. The van der Waals surface area contributed by atoms with Gasteiger partial charge in [-0.15, -0.1) is 11.3 Å². The Balaban J connectivity index is 1.69. The summed E-state index contributed by atoms with van der Waals surface area (Å²) in [7, 11) is 0. The quantitative estimate of drug-likeness (QED) is 0.810. The van der Waals surface area contributed by atoms with Crippen LogP contribution in [0.5, 0.6) is 0 Å². The number of fused-ring (bicyclic) bond motifs is 1. The average molecular weight is 263 g/mol. The molecule has 2 aliphatic rings. The van der Waals surface area contributed by atoms with Gasteiger partial charge in [-0.1, -0.05) is 19.3 Å². The lowest BCUT2D eigenvalue weighted by atomic mass is 10.1. The lowest BCUT2D eigenvalue weighted by Gasteiger charge is -2.10. The molecule has 1 heterocycles. The third-order valence-electron chi connectivity index (χ3n) is 4.16. The molecule has 0 atom stereocenters. The maximum absolute atomic E-state index is 12.2. The van der Waals surface area contributed by atoms with Crippen molar-refractivity contribution >= 4 is 17.2 Å².